The molecule has 0 unspecified atom stereocenters. The summed E-state index contributed by atoms with van der Waals surface area (Å²) in [5, 5.41) is 3.27. The van der Waals surface area contributed by atoms with Gasteiger partial charge < -0.3 is 15.0 Å². The fourth-order valence-corrected chi connectivity index (χ4v) is 2.12. The molecule has 1 aromatic carbocycles. The summed E-state index contributed by atoms with van der Waals surface area (Å²) in [7, 11) is 3.62. The van der Waals surface area contributed by atoms with Crippen molar-refractivity contribution in [2.45, 2.75) is 20.3 Å². The molecule has 0 atom stereocenters. The van der Waals surface area contributed by atoms with Gasteiger partial charge in [0.2, 0.25) is 5.75 Å². The summed E-state index contributed by atoms with van der Waals surface area (Å²) in [6.07, 6.45) is 2.58. The highest BCUT2D eigenvalue weighted by atomic mass is 16.5. The highest BCUT2D eigenvalue weighted by molar-refractivity contribution is 5.71. The number of rotatable bonds is 6. The minimum atomic E-state index is 0.662. The fraction of sp³-hybridized carbons (Fsp3) is 0.375. The van der Waals surface area contributed by atoms with Gasteiger partial charge in [0, 0.05) is 19.3 Å². The molecule has 0 aliphatic rings. The first-order chi connectivity index (χ1) is 10.2. The first-order valence-electron chi connectivity index (χ1n) is 7.10. The minimum Gasteiger partial charge on any atom is -0.490 e. The van der Waals surface area contributed by atoms with Crippen LogP contribution < -0.4 is 15.0 Å². The monoisotopic (exact) mass is 286 g/mol. The third-order valence-electron chi connectivity index (χ3n) is 3.24. The summed E-state index contributed by atoms with van der Waals surface area (Å²) in [6, 6.07) is 8.27. The summed E-state index contributed by atoms with van der Waals surface area (Å²) >= 11 is 0. The summed E-state index contributed by atoms with van der Waals surface area (Å²) in [5.41, 5.74) is 2.27. The molecule has 1 heterocycles. The van der Waals surface area contributed by atoms with Crippen molar-refractivity contribution in [3.8, 4) is 5.75 Å². The summed E-state index contributed by atoms with van der Waals surface area (Å²) in [5.74, 6) is 2.13. The number of hydrogen-bond acceptors (Lipinski definition) is 5. The van der Waals surface area contributed by atoms with Crippen molar-refractivity contribution in [2.75, 3.05) is 30.9 Å². The maximum Gasteiger partial charge on any atom is 0.204 e. The van der Waals surface area contributed by atoms with E-state index in [-0.39, 0.29) is 0 Å². The van der Waals surface area contributed by atoms with Crippen LogP contribution in [0.1, 0.15) is 18.9 Å². The summed E-state index contributed by atoms with van der Waals surface area (Å²) in [6.45, 7) is 5.03. The smallest absolute Gasteiger partial charge is 0.204 e. The van der Waals surface area contributed by atoms with Crippen LogP contribution in [0.2, 0.25) is 0 Å². The van der Waals surface area contributed by atoms with E-state index in [9.17, 15) is 0 Å². The lowest BCUT2D eigenvalue weighted by atomic mass is 10.2. The molecule has 0 fully saturated rings. The quantitative estimate of drug-likeness (QED) is 0.882. The minimum absolute atomic E-state index is 0.662. The van der Waals surface area contributed by atoms with Crippen LogP contribution in [0, 0.1) is 6.92 Å². The zero-order chi connectivity index (χ0) is 15.2. The zero-order valence-corrected chi connectivity index (χ0v) is 13.1. The Morgan fingerprint density at radius 3 is 2.76 bits per heavy atom. The average molecular weight is 286 g/mol. The van der Waals surface area contributed by atoms with Crippen molar-refractivity contribution < 1.29 is 4.74 Å². The largest absolute Gasteiger partial charge is 0.490 e. The van der Waals surface area contributed by atoms with Gasteiger partial charge in [-0.25, -0.2) is 9.97 Å². The van der Waals surface area contributed by atoms with Crippen LogP contribution in [0.3, 0.4) is 0 Å². The van der Waals surface area contributed by atoms with Crippen LogP contribution in [0.5, 0.6) is 5.75 Å². The molecule has 2 rings (SSSR count). The van der Waals surface area contributed by atoms with Gasteiger partial charge in [0.05, 0.1) is 7.11 Å². The van der Waals surface area contributed by atoms with E-state index in [4.69, 9.17) is 4.74 Å². The maximum atomic E-state index is 5.52. The van der Waals surface area contributed by atoms with Gasteiger partial charge >= 0.3 is 0 Å². The maximum absolute atomic E-state index is 5.52. The van der Waals surface area contributed by atoms with E-state index in [1.54, 1.807) is 13.4 Å². The molecule has 0 spiro atoms. The van der Waals surface area contributed by atoms with Gasteiger partial charge in [-0.05, 0) is 31.0 Å². The lowest BCUT2D eigenvalue weighted by molar-refractivity contribution is 0.413. The molecule has 0 bridgehead atoms. The highest BCUT2D eigenvalue weighted by Crippen LogP contribution is 2.35. The molecule has 112 valence electrons. The first kappa shape index (κ1) is 15.1. The second-order valence-corrected chi connectivity index (χ2v) is 4.90. The SMILES string of the molecule is CCCNc1ncnc(N(C)c2cccc(C)c2)c1OC. The molecule has 5 nitrogen and oxygen atoms in total. The van der Waals surface area contributed by atoms with Crippen LogP contribution in [0.25, 0.3) is 0 Å². The Morgan fingerprint density at radius 1 is 1.29 bits per heavy atom. The molecular weight excluding hydrogens is 264 g/mol. The molecule has 1 N–H and O–H groups in total. The molecular formula is C16H22N4O. The Labute approximate surface area is 126 Å². The van der Waals surface area contributed by atoms with Gasteiger partial charge in [0.1, 0.15) is 6.33 Å². The molecule has 0 aliphatic heterocycles. The van der Waals surface area contributed by atoms with Gasteiger partial charge in [0.25, 0.3) is 0 Å². The van der Waals surface area contributed by atoms with E-state index >= 15 is 0 Å². The Balaban J connectivity index is 2.38. The summed E-state index contributed by atoms with van der Waals surface area (Å²) in [4.78, 5) is 10.6. The van der Waals surface area contributed by atoms with E-state index in [0.29, 0.717) is 5.75 Å². The number of hydrogen-bond donors (Lipinski definition) is 1. The Bertz CT molecular complexity index is 601. The van der Waals surface area contributed by atoms with Gasteiger partial charge in [-0.3, -0.25) is 0 Å². The molecule has 2 aromatic rings. The summed E-state index contributed by atoms with van der Waals surface area (Å²) < 4.78 is 5.52. The Kier molecular flexibility index (Phi) is 4.98. The molecule has 0 aliphatic carbocycles. The van der Waals surface area contributed by atoms with Crippen molar-refractivity contribution in [3.63, 3.8) is 0 Å². The van der Waals surface area contributed by atoms with Crippen LogP contribution in [0.4, 0.5) is 17.3 Å². The number of nitrogens with one attached hydrogen (secondary N) is 1. The Hall–Kier alpha value is -2.30. The highest BCUT2D eigenvalue weighted by Gasteiger charge is 2.16. The standard InChI is InChI=1S/C16H22N4O/c1-5-9-17-15-14(21-4)16(19-11-18-15)20(3)13-8-6-7-12(2)10-13/h6-8,10-11H,5,9H2,1-4H3,(H,17,18,19). The second-order valence-electron chi connectivity index (χ2n) is 4.90. The van der Waals surface area contributed by atoms with Crippen molar-refractivity contribution in [3.05, 3.63) is 36.2 Å². The predicted molar refractivity (Wildman–Crippen MR) is 86.6 cm³/mol. The molecule has 0 saturated heterocycles. The van der Waals surface area contributed by atoms with Gasteiger partial charge in [-0.15, -0.1) is 0 Å². The average Bonchev–Trinajstić information content (AvgIpc) is 2.51. The lowest BCUT2D eigenvalue weighted by Crippen LogP contribution is -2.15. The van der Waals surface area contributed by atoms with E-state index < -0.39 is 0 Å². The third-order valence-corrected chi connectivity index (χ3v) is 3.24. The number of methoxy groups -OCH3 is 1. The number of nitrogens with zero attached hydrogens (tertiary/aromatic N) is 3. The van der Waals surface area contributed by atoms with Gasteiger partial charge in [-0.1, -0.05) is 19.1 Å². The molecule has 0 amide bonds. The van der Waals surface area contributed by atoms with Crippen LogP contribution >= 0.6 is 0 Å². The first-order valence-corrected chi connectivity index (χ1v) is 7.10. The molecule has 0 radical (unpaired) electrons. The zero-order valence-electron chi connectivity index (χ0n) is 13.1. The normalized spacial score (nSPS) is 10.3. The molecule has 1 aromatic heterocycles. The van der Waals surface area contributed by atoms with Crippen LogP contribution in [0.15, 0.2) is 30.6 Å². The molecule has 5 heteroatoms. The van der Waals surface area contributed by atoms with Crippen molar-refractivity contribution in [2.24, 2.45) is 0 Å². The Morgan fingerprint density at radius 2 is 2.10 bits per heavy atom. The van der Waals surface area contributed by atoms with E-state index in [1.165, 1.54) is 5.56 Å². The third kappa shape index (κ3) is 3.42. The second kappa shape index (κ2) is 6.92. The topological polar surface area (TPSA) is 50.3 Å². The number of ether oxygens (including phenoxy) is 1. The van der Waals surface area contributed by atoms with E-state index in [1.807, 2.05) is 24.1 Å². The van der Waals surface area contributed by atoms with Gasteiger partial charge in [0.15, 0.2) is 11.6 Å². The number of anilines is 3. The van der Waals surface area contributed by atoms with E-state index in [0.717, 1.165) is 30.3 Å². The van der Waals surface area contributed by atoms with Crippen molar-refractivity contribution >= 4 is 17.3 Å². The number of aromatic nitrogens is 2. The van der Waals surface area contributed by atoms with Crippen LogP contribution in [-0.2, 0) is 0 Å². The lowest BCUT2D eigenvalue weighted by Gasteiger charge is -2.22. The van der Waals surface area contributed by atoms with Gasteiger partial charge in [-0.2, -0.15) is 0 Å². The number of aryl methyl sites for hydroxylation is 1. The number of benzene rings is 1. The van der Waals surface area contributed by atoms with Crippen molar-refractivity contribution in [1.29, 1.82) is 0 Å². The van der Waals surface area contributed by atoms with Crippen molar-refractivity contribution in [1.82, 2.24) is 9.97 Å². The predicted octanol–water partition coefficient (Wildman–Crippen LogP) is 3.38. The van der Waals surface area contributed by atoms with Crippen LogP contribution in [-0.4, -0.2) is 30.7 Å². The fourth-order valence-electron chi connectivity index (χ4n) is 2.12. The molecule has 0 saturated carbocycles. The molecule has 21 heavy (non-hydrogen) atoms. The van der Waals surface area contributed by atoms with E-state index in [2.05, 4.69) is 41.3 Å².